The monoisotopic (exact) mass is 391 g/mol. The summed E-state index contributed by atoms with van der Waals surface area (Å²) in [5, 5.41) is 11.7. The quantitative estimate of drug-likeness (QED) is 0.502. The zero-order valence-electron chi connectivity index (χ0n) is 12.6. The Morgan fingerprint density at radius 3 is 2.48 bits per heavy atom. The average Bonchev–Trinajstić information content (AvgIpc) is 2.92. The molecule has 2 aromatic carbocycles. The maximum absolute atomic E-state index is 12.5. The Morgan fingerprint density at radius 1 is 1.12 bits per heavy atom. The van der Waals surface area contributed by atoms with Gasteiger partial charge in [-0.05, 0) is 30.4 Å². The molecular formula is C16H11Cl2N5OS. The summed E-state index contributed by atoms with van der Waals surface area (Å²) in [4.78, 5) is 12.5. The van der Waals surface area contributed by atoms with Gasteiger partial charge < -0.3 is 5.73 Å². The number of hydrogen-bond acceptors (Lipinski definition) is 4. The number of aromatic amines is 1. The molecule has 0 aliphatic heterocycles. The van der Waals surface area contributed by atoms with E-state index < -0.39 is 5.56 Å². The highest BCUT2D eigenvalue weighted by Crippen LogP contribution is 2.31. The second kappa shape index (κ2) is 7.18. The number of H-pyrrole nitrogens is 1. The van der Waals surface area contributed by atoms with Crippen molar-refractivity contribution in [1.82, 2.24) is 9.78 Å². The van der Waals surface area contributed by atoms with Crippen LogP contribution < -0.4 is 11.3 Å². The van der Waals surface area contributed by atoms with Crippen molar-refractivity contribution in [3.63, 3.8) is 0 Å². The molecule has 0 fully saturated rings. The molecule has 25 heavy (non-hydrogen) atoms. The van der Waals surface area contributed by atoms with E-state index in [4.69, 9.17) is 41.2 Å². The van der Waals surface area contributed by atoms with Gasteiger partial charge in [0, 0.05) is 10.6 Å². The lowest BCUT2D eigenvalue weighted by Crippen LogP contribution is -2.29. The van der Waals surface area contributed by atoms with E-state index in [1.54, 1.807) is 18.2 Å². The van der Waals surface area contributed by atoms with Gasteiger partial charge in [0.05, 0.1) is 10.7 Å². The van der Waals surface area contributed by atoms with E-state index in [0.717, 1.165) is 10.2 Å². The van der Waals surface area contributed by atoms with Gasteiger partial charge in [0.25, 0.3) is 0 Å². The molecule has 0 spiro atoms. The Bertz CT molecular complexity index is 1030. The van der Waals surface area contributed by atoms with Gasteiger partial charge in [0.2, 0.25) is 0 Å². The van der Waals surface area contributed by atoms with Crippen LogP contribution in [0, 0.1) is 0 Å². The Morgan fingerprint density at radius 2 is 1.84 bits per heavy atom. The standard InChI is InChI=1S/C16H11Cl2N5OS/c17-10-6-7-12(11(18)8-10)20-21-14-13(9-4-2-1-3-5-9)22-23(15(14)24)16(19)25/h1-8,22H,(H2,19,25). The minimum Gasteiger partial charge on any atom is -0.374 e. The number of hydrogen-bond donors (Lipinski definition) is 2. The first-order chi connectivity index (χ1) is 12.0. The fourth-order valence-corrected chi connectivity index (χ4v) is 2.72. The molecule has 0 unspecified atom stereocenters. The molecule has 0 amide bonds. The Balaban J connectivity index is 2.13. The van der Waals surface area contributed by atoms with Crippen LogP contribution in [0.2, 0.25) is 10.0 Å². The first-order valence-corrected chi connectivity index (χ1v) is 8.21. The summed E-state index contributed by atoms with van der Waals surface area (Å²) < 4.78 is 1.04. The van der Waals surface area contributed by atoms with Crippen LogP contribution in [0.25, 0.3) is 11.3 Å². The maximum Gasteiger partial charge on any atom is 0.301 e. The summed E-state index contributed by atoms with van der Waals surface area (Å²) in [6, 6.07) is 14.0. The Labute approximate surface area is 157 Å². The van der Waals surface area contributed by atoms with Gasteiger partial charge >= 0.3 is 5.56 Å². The molecule has 0 radical (unpaired) electrons. The van der Waals surface area contributed by atoms with Crippen molar-refractivity contribution in [2.45, 2.75) is 0 Å². The van der Waals surface area contributed by atoms with Crippen molar-refractivity contribution in [3.8, 4) is 11.3 Å². The predicted molar refractivity (Wildman–Crippen MR) is 103 cm³/mol. The highest BCUT2D eigenvalue weighted by atomic mass is 35.5. The van der Waals surface area contributed by atoms with Crippen LogP contribution in [0.1, 0.15) is 0 Å². The zero-order chi connectivity index (χ0) is 18.0. The normalized spacial score (nSPS) is 11.1. The molecule has 3 aromatic rings. The van der Waals surface area contributed by atoms with Crippen LogP contribution in [-0.2, 0) is 0 Å². The van der Waals surface area contributed by atoms with Gasteiger partial charge in [0.15, 0.2) is 10.8 Å². The summed E-state index contributed by atoms with van der Waals surface area (Å²) in [5.41, 5.74) is 6.73. The van der Waals surface area contributed by atoms with Crippen molar-refractivity contribution in [2.75, 3.05) is 0 Å². The van der Waals surface area contributed by atoms with Gasteiger partial charge in [-0.3, -0.25) is 9.89 Å². The molecule has 1 heterocycles. The molecule has 0 saturated heterocycles. The molecule has 0 atom stereocenters. The molecule has 0 aliphatic rings. The van der Waals surface area contributed by atoms with E-state index >= 15 is 0 Å². The number of aromatic nitrogens is 2. The molecule has 6 nitrogen and oxygen atoms in total. The highest BCUT2D eigenvalue weighted by molar-refractivity contribution is 7.80. The molecule has 9 heteroatoms. The minimum absolute atomic E-state index is 0.0741. The van der Waals surface area contributed by atoms with E-state index in [2.05, 4.69) is 15.3 Å². The van der Waals surface area contributed by atoms with E-state index in [-0.39, 0.29) is 10.8 Å². The third kappa shape index (κ3) is 3.63. The van der Waals surface area contributed by atoms with Gasteiger partial charge in [-0.15, -0.1) is 10.2 Å². The highest BCUT2D eigenvalue weighted by Gasteiger charge is 2.17. The summed E-state index contributed by atoms with van der Waals surface area (Å²) >= 11 is 16.8. The number of halogens is 2. The maximum atomic E-state index is 12.5. The molecule has 0 bridgehead atoms. The number of nitrogens with two attached hydrogens (primary N) is 1. The fraction of sp³-hybridized carbons (Fsp3) is 0. The molecule has 3 rings (SSSR count). The second-order valence-electron chi connectivity index (χ2n) is 4.98. The lowest BCUT2D eigenvalue weighted by atomic mass is 10.1. The predicted octanol–water partition coefficient (Wildman–Crippen LogP) is 4.66. The summed E-state index contributed by atoms with van der Waals surface area (Å²) in [7, 11) is 0. The van der Waals surface area contributed by atoms with Crippen LogP contribution in [-0.4, -0.2) is 14.9 Å². The van der Waals surface area contributed by atoms with Crippen LogP contribution in [0.15, 0.2) is 63.6 Å². The Kier molecular flexibility index (Phi) is 4.98. The lowest BCUT2D eigenvalue weighted by Gasteiger charge is -1.99. The van der Waals surface area contributed by atoms with Crippen molar-refractivity contribution in [3.05, 3.63) is 68.9 Å². The largest absolute Gasteiger partial charge is 0.374 e. The van der Waals surface area contributed by atoms with Crippen LogP contribution in [0.4, 0.5) is 11.4 Å². The van der Waals surface area contributed by atoms with Crippen molar-refractivity contribution in [2.24, 2.45) is 16.0 Å². The van der Waals surface area contributed by atoms with E-state index in [9.17, 15) is 4.79 Å². The SMILES string of the molecule is NC(=S)n1[nH]c(-c2ccccc2)c(N=Nc2ccc(Cl)cc2Cl)c1=O. The lowest BCUT2D eigenvalue weighted by molar-refractivity contribution is 0.910. The summed E-state index contributed by atoms with van der Waals surface area (Å²) in [6.07, 6.45) is 0. The fourth-order valence-electron chi connectivity index (χ4n) is 2.15. The minimum atomic E-state index is -0.500. The third-order valence-corrected chi connectivity index (χ3v) is 4.04. The van der Waals surface area contributed by atoms with Crippen LogP contribution in [0.5, 0.6) is 0 Å². The third-order valence-electron chi connectivity index (χ3n) is 3.32. The molecular weight excluding hydrogens is 381 g/mol. The first kappa shape index (κ1) is 17.3. The number of azo groups is 1. The van der Waals surface area contributed by atoms with Gasteiger partial charge in [0.1, 0.15) is 5.69 Å². The van der Waals surface area contributed by atoms with Crippen molar-refractivity contribution >= 4 is 51.9 Å². The number of benzene rings is 2. The van der Waals surface area contributed by atoms with E-state index in [1.807, 2.05) is 30.3 Å². The molecule has 0 aliphatic carbocycles. The topological polar surface area (TPSA) is 88.5 Å². The number of rotatable bonds is 3. The smallest absolute Gasteiger partial charge is 0.301 e. The van der Waals surface area contributed by atoms with Crippen molar-refractivity contribution in [1.29, 1.82) is 0 Å². The molecule has 0 saturated carbocycles. The second-order valence-corrected chi connectivity index (χ2v) is 6.24. The van der Waals surface area contributed by atoms with Gasteiger partial charge in [-0.1, -0.05) is 53.5 Å². The van der Waals surface area contributed by atoms with Gasteiger partial charge in [-0.2, -0.15) is 4.68 Å². The van der Waals surface area contributed by atoms with Crippen LogP contribution >= 0.6 is 35.4 Å². The van der Waals surface area contributed by atoms with Crippen molar-refractivity contribution < 1.29 is 0 Å². The summed E-state index contributed by atoms with van der Waals surface area (Å²) in [5.74, 6) is 0. The molecule has 3 N–H and O–H groups in total. The van der Waals surface area contributed by atoms with E-state index in [0.29, 0.717) is 21.4 Å². The summed E-state index contributed by atoms with van der Waals surface area (Å²) in [6.45, 7) is 0. The number of nitrogens with one attached hydrogen (secondary N) is 1. The Hall–Kier alpha value is -2.48. The zero-order valence-corrected chi connectivity index (χ0v) is 14.9. The molecule has 126 valence electrons. The average molecular weight is 392 g/mol. The first-order valence-electron chi connectivity index (χ1n) is 7.04. The molecule has 1 aromatic heterocycles. The van der Waals surface area contributed by atoms with E-state index in [1.165, 1.54) is 0 Å². The number of thiocarbonyl (C=S) groups is 1. The number of nitrogens with zero attached hydrogens (tertiary/aromatic N) is 3. The van der Waals surface area contributed by atoms with Crippen LogP contribution in [0.3, 0.4) is 0 Å². The van der Waals surface area contributed by atoms with Gasteiger partial charge in [-0.25, -0.2) is 0 Å².